The molecule has 128 valence electrons. The van der Waals surface area contributed by atoms with Crippen LogP contribution in [0.2, 0.25) is 0 Å². The first-order chi connectivity index (χ1) is 12.7. The van der Waals surface area contributed by atoms with Crippen LogP contribution in [-0.4, -0.2) is 15.0 Å². The zero-order valence-corrected chi connectivity index (χ0v) is 14.0. The highest BCUT2D eigenvalue weighted by Crippen LogP contribution is 2.29. The number of pyridine rings is 1. The Hall–Kier alpha value is -3.54. The van der Waals surface area contributed by atoms with E-state index in [0.717, 1.165) is 11.3 Å². The van der Waals surface area contributed by atoms with Crippen LogP contribution < -0.4 is 10.1 Å². The van der Waals surface area contributed by atoms with E-state index in [-0.39, 0.29) is 5.82 Å². The highest BCUT2D eigenvalue weighted by molar-refractivity contribution is 5.91. The van der Waals surface area contributed by atoms with E-state index in [0.29, 0.717) is 28.4 Å². The monoisotopic (exact) mass is 346 g/mol. The molecule has 26 heavy (non-hydrogen) atoms. The van der Waals surface area contributed by atoms with Crippen molar-refractivity contribution in [1.29, 1.82) is 0 Å². The van der Waals surface area contributed by atoms with E-state index in [1.165, 1.54) is 12.4 Å². The van der Waals surface area contributed by atoms with Crippen molar-refractivity contribution in [3.8, 4) is 11.6 Å². The van der Waals surface area contributed by atoms with Gasteiger partial charge in [0.05, 0.1) is 10.9 Å². The largest absolute Gasteiger partial charge is 0.439 e. The van der Waals surface area contributed by atoms with Gasteiger partial charge in [-0.1, -0.05) is 12.1 Å². The van der Waals surface area contributed by atoms with Crippen LogP contribution in [0.5, 0.6) is 11.6 Å². The minimum absolute atomic E-state index is 0.362. The minimum atomic E-state index is -0.363. The van der Waals surface area contributed by atoms with Crippen molar-refractivity contribution in [2.75, 3.05) is 5.32 Å². The maximum atomic E-state index is 14.2. The van der Waals surface area contributed by atoms with E-state index < -0.39 is 0 Å². The summed E-state index contributed by atoms with van der Waals surface area (Å²) in [5.41, 5.74) is 2.24. The molecule has 2 aromatic heterocycles. The Morgan fingerprint density at radius 1 is 0.962 bits per heavy atom. The third-order valence-corrected chi connectivity index (χ3v) is 3.90. The molecule has 0 fully saturated rings. The maximum absolute atomic E-state index is 14.2. The molecular formula is C20H15FN4O. The van der Waals surface area contributed by atoms with Crippen molar-refractivity contribution in [3.63, 3.8) is 0 Å². The molecule has 2 aromatic carbocycles. The standard InChI is InChI=1S/C20H15FN4O/c1-13-11-14(8-9-17(13)26-18-7-2-3-10-22-18)25-20-19-15(21)5-4-6-16(19)23-12-24-20/h2-12H,1H3,(H,23,24,25). The Morgan fingerprint density at radius 3 is 2.69 bits per heavy atom. The smallest absolute Gasteiger partial charge is 0.219 e. The first-order valence-electron chi connectivity index (χ1n) is 8.06. The van der Waals surface area contributed by atoms with Crippen LogP contribution in [-0.2, 0) is 0 Å². The first kappa shape index (κ1) is 16.0. The minimum Gasteiger partial charge on any atom is -0.439 e. The molecule has 0 unspecified atom stereocenters. The molecule has 0 amide bonds. The van der Waals surface area contributed by atoms with Crippen LogP contribution in [0.4, 0.5) is 15.9 Å². The summed E-state index contributed by atoms with van der Waals surface area (Å²) in [7, 11) is 0. The van der Waals surface area contributed by atoms with Crippen LogP contribution in [0.3, 0.4) is 0 Å². The molecule has 0 aliphatic rings. The Labute approximate surface area is 149 Å². The SMILES string of the molecule is Cc1cc(Nc2ncnc3cccc(F)c23)ccc1Oc1ccccn1. The highest BCUT2D eigenvalue weighted by Gasteiger charge is 2.10. The van der Waals surface area contributed by atoms with Gasteiger partial charge in [0.25, 0.3) is 0 Å². The predicted molar refractivity (Wildman–Crippen MR) is 98.3 cm³/mol. The second-order valence-electron chi connectivity index (χ2n) is 5.73. The fourth-order valence-corrected chi connectivity index (χ4v) is 2.66. The van der Waals surface area contributed by atoms with Gasteiger partial charge in [0, 0.05) is 18.0 Å². The average molecular weight is 346 g/mol. The quantitative estimate of drug-likeness (QED) is 0.563. The molecule has 0 aliphatic heterocycles. The van der Waals surface area contributed by atoms with Crippen molar-refractivity contribution >= 4 is 22.4 Å². The summed E-state index contributed by atoms with van der Waals surface area (Å²) in [6, 6.07) is 15.9. The van der Waals surface area contributed by atoms with E-state index >= 15 is 0 Å². The van der Waals surface area contributed by atoms with Crippen LogP contribution >= 0.6 is 0 Å². The molecule has 5 nitrogen and oxygen atoms in total. The molecule has 4 aromatic rings. The number of benzene rings is 2. The second-order valence-corrected chi connectivity index (χ2v) is 5.73. The summed E-state index contributed by atoms with van der Waals surface area (Å²) in [6.45, 7) is 1.93. The maximum Gasteiger partial charge on any atom is 0.219 e. The summed E-state index contributed by atoms with van der Waals surface area (Å²) in [4.78, 5) is 12.4. The average Bonchev–Trinajstić information content (AvgIpc) is 2.65. The third-order valence-electron chi connectivity index (χ3n) is 3.90. The summed E-state index contributed by atoms with van der Waals surface area (Å²) in [5, 5.41) is 3.52. The van der Waals surface area contributed by atoms with Gasteiger partial charge in [0.1, 0.15) is 23.7 Å². The van der Waals surface area contributed by atoms with Gasteiger partial charge >= 0.3 is 0 Å². The van der Waals surface area contributed by atoms with Crippen LogP contribution in [0.15, 0.2) is 67.1 Å². The van der Waals surface area contributed by atoms with E-state index in [4.69, 9.17) is 4.74 Å². The number of nitrogens with one attached hydrogen (secondary N) is 1. The van der Waals surface area contributed by atoms with E-state index in [1.54, 1.807) is 24.4 Å². The molecule has 6 heteroatoms. The van der Waals surface area contributed by atoms with Crippen molar-refractivity contribution in [3.05, 3.63) is 78.5 Å². The number of rotatable bonds is 4. The molecule has 0 bridgehead atoms. The zero-order chi connectivity index (χ0) is 17.9. The zero-order valence-electron chi connectivity index (χ0n) is 14.0. The van der Waals surface area contributed by atoms with Crippen molar-refractivity contribution in [2.24, 2.45) is 0 Å². The lowest BCUT2D eigenvalue weighted by Gasteiger charge is -2.12. The lowest BCUT2D eigenvalue weighted by molar-refractivity contribution is 0.459. The van der Waals surface area contributed by atoms with Gasteiger partial charge < -0.3 is 10.1 Å². The molecule has 4 rings (SSSR count). The molecule has 0 aliphatic carbocycles. The number of aromatic nitrogens is 3. The number of ether oxygens (including phenoxy) is 1. The second kappa shape index (κ2) is 6.76. The van der Waals surface area contributed by atoms with Crippen molar-refractivity contribution in [2.45, 2.75) is 6.92 Å². The Kier molecular flexibility index (Phi) is 4.15. The Bertz CT molecular complexity index is 1060. The number of halogens is 1. The lowest BCUT2D eigenvalue weighted by Crippen LogP contribution is -1.98. The molecule has 0 spiro atoms. The third kappa shape index (κ3) is 3.17. The van der Waals surface area contributed by atoms with Crippen LogP contribution in [0.1, 0.15) is 5.56 Å². The normalized spacial score (nSPS) is 10.7. The van der Waals surface area contributed by atoms with Crippen molar-refractivity contribution < 1.29 is 9.13 Å². The van der Waals surface area contributed by atoms with E-state index in [9.17, 15) is 4.39 Å². The highest BCUT2D eigenvalue weighted by atomic mass is 19.1. The summed E-state index contributed by atoms with van der Waals surface area (Å²) >= 11 is 0. The van der Waals surface area contributed by atoms with Crippen LogP contribution in [0, 0.1) is 12.7 Å². The predicted octanol–water partition coefficient (Wildman–Crippen LogP) is 5.01. The van der Waals surface area contributed by atoms with Gasteiger partial charge in [-0.2, -0.15) is 0 Å². The molecule has 1 N–H and O–H groups in total. The van der Waals surface area contributed by atoms with E-state index in [1.807, 2.05) is 37.3 Å². The number of aryl methyl sites for hydroxylation is 1. The molecule has 0 saturated heterocycles. The van der Waals surface area contributed by atoms with Gasteiger partial charge in [-0.25, -0.2) is 19.3 Å². The van der Waals surface area contributed by atoms with Crippen molar-refractivity contribution in [1.82, 2.24) is 15.0 Å². The lowest BCUT2D eigenvalue weighted by atomic mass is 10.2. The number of nitrogens with zero attached hydrogens (tertiary/aromatic N) is 3. The summed E-state index contributed by atoms with van der Waals surface area (Å²) in [5.74, 6) is 1.29. The fraction of sp³-hybridized carbons (Fsp3) is 0.0500. The van der Waals surface area contributed by atoms with Crippen LogP contribution in [0.25, 0.3) is 10.9 Å². The van der Waals surface area contributed by atoms with E-state index in [2.05, 4.69) is 20.3 Å². The van der Waals surface area contributed by atoms with Gasteiger partial charge in [-0.15, -0.1) is 0 Å². The topological polar surface area (TPSA) is 59.9 Å². The Balaban J connectivity index is 1.63. The van der Waals surface area contributed by atoms with Gasteiger partial charge in [0.15, 0.2) is 0 Å². The van der Waals surface area contributed by atoms with Gasteiger partial charge in [0.2, 0.25) is 5.88 Å². The molecular weight excluding hydrogens is 331 g/mol. The van der Waals surface area contributed by atoms with Gasteiger partial charge in [-0.3, -0.25) is 0 Å². The fourth-order valence-electron chi connectivity index (χ4n) is 2.66. The summed E-state index contributed by atoms with van der Waals surface area (Å²) < 4.78 is 20.0. The Morgan fingerprint density at radius 2 is 1.88 bits per heavy atom. The number of hydrogen-bond donors (Lipinski definition) is 1. The summed E-state index contributed by atoms with van der Waals surface area (Å²) in [6.07, 6.45) is 3.09. The molecule has 0 saturated carbocycles. The molecule has 2 heterocycles. The number of anilines is 2. The number of fused-ring (bicyclic) bond motifs is 1. The number of hydrogen-bond acceptors (Lipinski definition) is 5. The molecule has 0 radical (unpaired) electrons. The first-order valence-corrected chi connectivity index (χ1v) is 8.06. The molecule has 0 atom stereocenters. The van der Waals surface area contributed by atoms with Gasteiger partial charge in [-0.05, 0) is 48.9 Å².